The van der Waals surface area contributed by atoms with Gasteiger partial charge in [-0.05, 0) is 18.9 Å². The number of aliphatic hydroxyl groups is 1. The van der Waals surface area contributed by atoms with Crippen molar-refractivity contribution in [1.82, 2.24) is 4.90 Å². The standard InChI is InChI=1S/C16H24N2OS/c17-8-4-5-14-11-16(20-13-14)12-18(9-10-19)15-6-2-1-3-7-15/h11,13,15,19H,1-3,6-10,12,17H2. The van der Waals surface area contributed by atoms with Gasteiger partial charge in [-0.15, -0.1) is 11.3 Å². The van der Waals surface area contributed by atoms with E-state index >= 15 is 0 Å². The van der Waals surface area contributed by atoms with Gasteiger partial charge in [0, 0.05) is 35.0 Å². The minimum Gasteiger partial charge on any atom is -0.395 e. The van der Waals surface area contributed by atoms with E-state index in [9.17, 15) is 5.11 Å². The Morgan fingerprint density at radius 3 is 2.85 bits per heavy atom. The van der Waals surface area contributed by atoms with Crippen LogP contribution < -0.4 is 5.73 Å². The molecule has 4 heteroatoms. The van der Waals surface area contributed by atoms with E-state index in [0.29, 0.717) is 12.6 Å². The summed E-state index contributed by atoms with van der Waals surface area (Å²) in [5, 5.41) is 11.4. The van der Waals surface area contributed by atoms with Crippen LogP contribution in [-0.4, -0.2) is 35.7 Å². The Morgan fingerprint density at radius 1 is 1.35 bits per heavy atom. The van der Waals surface area contributed by atoms with Gasteiger partial charge in [0.15, 0.2) is 0 Å². The molecule has 1 aromatic heterocycles. The van der Waals surface area contributed by atoms with E-state index in [0.717, 1.165) is 18.7 Å². The summed E-state index contributed by atoms with van der Waals surface area (Å²) in [7, 11) is 0. The molecule has 1 aromatic rings. The number of rotatable bonds is 5. The molecule has 0 amide bonds. The van der Waals surface area contributed by atoms with Crippen molar-refractivity contribution in [3.05, 3.63) is 21.9 Å². The van der Waals surface area contributed by atoms with E-state index in [4.69, 9.17) is 5.73 Å². The van der Waals surface area contributed by atoms with E-state index in [1.165, 1.54) is 37.0 Å². The zero-order valence-electron chi connectivity index (χ0n) is 12.0. The average molecular weight is 292 g/mol. The van der Waals surface area contributed by atoms with Crippen LogP contribution in [0.5, 0.6) is 0 Å². The van der Waals surface area contributed by atoms with Gasteiger partial charge in [-0.2, -0.15) is 0 Å². The van der Waals surface area contributed by atoms with Gasteiger partial charge in [0.1, 0.15) is 0 Å². The molecule has 0 unspecified atom stereocenters. The monoisotopic (exact) mass is 292 g/mol. The maximum atomic E-state index is 9.29. The third-order valence-electron chi connectivity index (χ3n) is 3.83. The van der Waals surface area contributed by atoms with E-state index in [1.807, 2.05) is 0 Å². The summed E-state index contributed by atoms with van der Waals surface area (Å²) in [5.74, 6) is 5.97. The lowest BCUT2D eigenvalue weighted by molar-refractivity contribution is 0.118. The molecule has 20 heavy (non-hydrogen) atoms. The average Bonchev–Trinajstić information content (AvgIpc) is 2.93. The molecule has 3 N–H and O–H groups in total. The Labute approximate surface area is 125 Å². The molecule has 0 spiro atoms. The Morgan fingerprint density at radius 2 is 2.15 bits per heavy atom. The van der Waals surface area contributed by atoms with Crippen molar-refractivity contribution in [2.24, 2.45) is 5.73 Å². The number of nitrogens with two attached hydrogens (primary N) is 1. The Kier molecular flexibility index (Phi) is 6.55. The maximum absolute atomic E-state index is 9.29. The Bertz CT molecular complexity index is 455. The summed E-state index contributed by atoms with van der Waals surface area (Å²) in [6.07, 6.45) is 6.55. The normalized spacial score (nSPS) is 16.1. The van der Waals surface area contributed by atoms with E-state index < -0.39 is 0 Å². The zero-order chi connectivity index (χ0) is 14.2. The van der Waals surface area contributed by atoms with Crippen LogP contribution in [0.3, 0.4) is 0 Å². The highest BCUT2D eigenvalue weighted by atomic mass is 32.1. The molecule has 0 aliphatic heterocycles. The van der Waals surface area contributed by atoms with Gasteiger partial charge in [-0.3, -0.25) is 4.90 Å². The molecule has 3 nitrogen and oxygen atoms in total. The molecule has 110 valence electrons. The van der Waals surface area contributed by atoms with E-state index in [1.54, 1.807) is 11.3 Å². The first-order chi connectivity index (χ1) is 9.83. The van der Waals surface area contributed by atoms with E-state index in [-0.39, 0.29) is 6.61 Å². The van der Waals surface area contributed by atoms with Crippen molar-refractivity contribution in [1.29, 1.82) is 0 Å². The Hall–Kier alpha value is -0.860. The van der Waals surface area contributed by atoms with Crippen LogP contribution in [0.2, 0.25) is 0 Å². The predicted molar refractivity (Wildman–Crippen MR) is 84.6 cm³/mol. The molecule has 1 fully saturated rings. The third-order valence-corrected chi connectivity index (χ3v) is 4.75. The van der Waals surface area contributed by atoms with Crippen LogP contribution in [0, 0.1) is 11.8 Å². The van der Waals surface area contributed by atoms with Gasteiger partial charge in [0.05, 0.1) is 13.2 Å². The number of nitrogens with zero attached hydrogens (tertiary/aromatic N) is 1. The lowest BCUT2D eigenvalue weighted by Gasteiger charge is -2.33. The first-order valence-corrected chi connectivity index (χ1v) is 8.32. The molecule has 1 saturated carbocycles. The minimum absolute atomic E-state index is 0.238. The smallest absolute Gasteiger partial charge is 0.0558 e. The van der Waals surface area contributed by atoms with Crippen LogP contribution in [-0.2, 0) is 6.54 Å². The maximum Gasteiger partial charge on any atom is 0.0558 e. The zero-order valence-corrected chi connectivity index (χ0v) is 12.8. The molecule has 0 saturated heterocycles. The molecule has 1 heterocycles. The minimum atomic E-state index is 0.238. The molecule has 1 aliphatic rings. The highest BCUT2D eigenvalue weighted by Crippen LogP contribution is 2.25. The number of aliphatic hydroxyl groups excluding tert-OH is 1. The lowest BCUT2D eigenvalue weighted by atomic mass is 9.94. The fourth-order valence-electron chi connectivity index (χ4n) is 2.85. The molecule has 1 aliphatic carbocycles. The fourth-order valence-corrected chi connectivity index (χ4v) is 3.69. The van der Waals surface area contributed by atoms with Crippen molar-refractivity contribution in [2.75, 3.05) is 19.7 Å². The van der Waals surface area contributed by atoms with Crippen LogP contribution in [0.4, 0.5) is 0 Å². The summed E-state index contributed by atoms with van der Waals surface area (Å²) in [5.41, 5.74) is 6.45. The molecule has 0 aromatic carbocycles. The second-order valence-corrected chi connectivity index (χ2v) is 6.29. The van der Waals surface area contributed by atoms with Crippen molar-refractivity contribution >= 4 is 11.3 Å². The lowest BCUT2D eigenvalue weighted by Crippen LogP contribution is -2.38. The number of thiophene rings is 1. The van der Waals surface area contributed by atoms with Crippen molar-refractivity contribution in [3.63, 3.8) is 0 Å². The number of hydrogen-bond acceptors (Lipinski definition) is 4. The van der Waals surface area contributed by atoms with Crippen LogP contribution in [0.1, 0.15) is 42.5 Å². The summed E-state index contributed by atoms with van der Waals surface area (Å²) in [6, 6.07) is 2.79. The molecular formula is C16H24N2OS. The fraction of sp³-hybridized carbons (Fsp3) is 0.625. The number of hydrogen-bond donors (Lipinski definition) is 2. The van der Waals surface area contributed by atoms with Crippen molar-refractivity contribution in [2.45, 2.75) is 44.7 Å². The van der Waals surface area contributed by atoms with Crippen molar-refractivity contribution < 1.29 is 5.11 Å². The van der Waals surface area contributed by atoms with Gasteiger partial charge in [0.2, 0.25) is 0 Å². The second kappa shape index (κ2) is 8.43. The van der Waals surface area contributed by atoms with Crippen LogP contribution >= 0.6 is 11.3 Å². The van der Waals surface area contributed by atoms with Crippen LogP contribution in [0.15, 0.2) is 11.4 Å². The topological polar surface area (TPSA) is 49.5 Å². The first kappa shape index (κ1) is 15.5. The van der Waals surface area contributed by atoms with Crippen molar-refractivity contribution in [3.8, 4) is 11.8 Å². The summed E-state index contributed by atoms with van der Waals surface area (Å²) >= 11 is 1.75. The molecule has 0 bridgehead atoms. The first-order valence-electron chi connectivity index (χ1n) is 7.44. The highest BCUT2D eigenvalue weighted by Gasteiger charge is 2.21. The molecule has 0 radical (unpaired) electrons. The predicted octanol–water partition coefficient (Wildman–Crippen LogP) is 2.19. The van der Waals surface area contributed by atoms with Crippen LogP contribution in [0.25, 0.3) is 0 Å². The van der Waals surface area contributed by atoms with Gasteiger partial charge in [-0.1, -0.05) is 31.1 Å². The summed E-state index contributed by atoms with van der Waals surface area (Å²) in [6.45, 7) is 2.35. The SMILES string of the molecule is NCC#Cc1csc(CN(CCO)C2CCCCC2)c1. The largest absolute Gasteiger partial charge is 0.395 e. The van der Waals surface area contributed by atoms with Gasteiger partial charge in [-0.25, -0.2) is 0 Å². The summed E-state index contributed by atoms with van der Waals surface area (Å²) < 4.78 is 0. The molecule has 2 rings (SSSR count). The summed E-state index contributed by atoms with van der Waals surface area (Å²) in [4.78, 5) is 3.76. The Balaban J connectivity index is 1.97. The second-order valence-electron chi connectivity index (χ2n) is 5.29. The quantitative estimate of drug-likeness (QED) is 0.818. The highest BCUT2D eigenvalue weighted by molar-refractivity contribution is 7.10. The molecular weight excluding hydrogens is 268 g/mol. The van der Waals surface area contributed by atoms with Gasteiger partial charge >= 0.3 is 0 Å². The third kappa shape index (κ3) is 4.60. The van der Waals surface area contributed by atoms with Gasteiger partial charge < -0.3 is 10.8 Å². The van der Waals surface area contributed by atoms with E-state index in [2.05, 4.69) is 28.2 Å². The van der Waals surface area contributed by atoms with Gasteiger partial charge in [0.25, 0.3) is 0 Å². The molecule has 0 atom stereocenters.